The van der Waals surface area contributed by atoms with Crippen molar-refractivity contribution in [2.75, 3.05) is 11.5 Å². The maximum Gasteiger partial charge on any atom is 0.141 e. The van der Waals surface area contributed by atoms with Gasteiger partial charge < -0.3 is 21.7 Å². The van der Waals surface area contributed by atoms with Gasteiger partial charge >= 0.3 is 0 Å². The summed E-state index contributed by atoms with van der Waals surface area (Å²) in [7, 11) is 0. The van der Waals surface area contributed by atoms with E-state index in [1.54, 1.807) is 0 Å². The Morgan fingerprint density at radius 1 is 0.727 bits per heavy atom. The summed E-state index contributed by atoms with van der Waals surface area (Å²) >= 11 is 0. The first-order valence-electron chi connectivity index (χ1n) is 7.39. The van der Waals surface area contributed by atoms with E-state index in [0.29, 0.717) is 11.4 Å². The molecular weight excluding hydrogens is 276 g/mol. The Hall–Kier alpha value is -2.36. The fraction of sp³-hybridized carbons (Fsp3) is 0.333. The Bertz CT molecular complexity index is 673. The highest BCUT2D eigenvalue weighted by molar-refractivity contribution is 5.65. The van der Waals surface area contributed by atoms with Gasteiger partial charge in [0.1, 0.15) is 11.5 Å². The van der Waals surface area contributed by atoms with Crippen molar-refractivity contribution in [2.24, 2.45) is 0 Å². The summed E-state index contributed by atoms with van der Waals surface area (Å²) in [6.45, 7) is 7.55. The number of phenolic OH excluding ortho intramolecular Hbond substituents is 2. The number of hydrogen-bond acceptors (Lipinski definition) is 4. The number of phenols is 2. The number of nitrogens with two attached hydrogens (primary N) is 2. The molecule has 0 unspecified atom stereocenters. The van der Waals surface area contributed by atoms with Gasteiger partial charge in [-0.3, -0.25) is 0 Å². The van der Waals surface area contributed by atoms with E-state index in [-0.39, 0.29) is 11.5 Å². The first-order valence-corrected chi connectivity index (χ1v) is 7.39. The summed E-state index contributed by atoms with van der Waals surface area (Å²) in [6, 6.07) is 3.96. The molecule has 4 nitrogen and oxygen atoms in total. The molecule has 4 heteroatoms. The Kier molecular flexibility index (Phi) is 4.22. The quantitative estimate of drug-likeness (QED) is 0.517. The summed E-state index contributed by atoms with van der Waals surface area (Å²) in [5.41, 5.74) is 18.5. The Labute approximate surface area is 131 Å². The maximum absolute atomic E-state index is 9.87. The predicted molar refractivity (Wildman–Crippen MR) is 91.4 cm³/mol. The van der Waals surface area contributed by atoms with Gasteiger partial charge in [-0.15, -0.1) is 0 Å². The third kappa shape index (κ3) is 2.69. The first-order chi connectivity index (χ1) is 10.2. The molecule has 0 aliphatic rings. The van der Waals surface area contributed by atoms with E-state index >= 15 is 0 Å². The maximum atomic E-state index is 9.87. The van der Waals surface area contributed by atoms with E-state index < -0.39 is 0 Å². The van der Waals surface area contributed by atoms with Crippen molar-refractivity contribution in [2.45, 2.75) is 40.5 Å². The second kappa shape index (κ2) is 5.79. The van der Waals surface area contributed by atoms with Crippen LogP contribution in [0.5, 0.6) is 11.5 Å². The third-order valence-corrected chi connectivity index (χ3v) is 4.47. The van der Waals surface area contributed by atoms with Crippen molar-refractivity contribution < 1.29 is 10.2 Å². The van der Waals surface area contributed by atoms with Crippen LogP contribution >= 0.6 is 0 Å². The van der Waals surface area contributed by atoms with E-state index in [0.717, 1.165) is 46.2 Å². The Morgan fingerprint density at radius 2 is 1.05 bits per heavy atom. The second-order valence-electron chi connectivity index (χ2n) is 5.98. The van der Waals surface area contributed by atoms with Gasteiger partial charge in [0.15, 0.2) is 0 Å². The number of nitrogen functional groups attached to an aromatic ring is 2. The zero-order chi connectivity index (χ0) is 16.6. The zero-order valence-electron chi connectivity index (χ0n) is 13.6. The summed E-state index contributed by atoms with van der Waals surface area (Å²) < 4.78 is 0. The van der Waals surface area contributed by atoms with Gasteiger partial charge in [0.25, 0.3) is 0 Å². The van der Waals surface area contributed by atoms with Gasteiger partial charge in [-0.25, -0.2) is 0 Å². The molecule has 2 aromatic carbocycles. The molecule has 22 heavy (non-hydrogen) atoms. The van der Waals surface area contributed by atoms with Gasteiger partial charge in [-0.1, -0.05) is 12.1 Å². The zero-order valence-corrected chi connectivity index (χ0v) is 13.6. The van der Waals surface area contributed by atoms with Gasteiger partial charge in [0.05, 0.1) is 11.4 Å². The van der Waals surface area contributed by atoms with Crippen LogP contribution in [-0.2, 0) is 12.8 Å². The van der Waals surface area contributed by atoms with Crippen molar-refractivity contribution in [1.29, 1.82) is 0 Å². The lowest BCUT2D eigenvalue weighted by molar-refractivity contribution is 0.472. The minimum atomic E-state index is 0.169. The lowest BCUT2D eigenvalue weighted by Crippen LogP contribution is -2.03. The molecule has 0 heterocycles. The molecule has 0 atom stereocenters. The molecule has 0 aliphatic heterocycles. The molecule has 0 saturated heterocycles. The molecule has 0 aromatic heterocycles. The average Bonchev–Trinajstić information content (AvgIpc) is 2.49. The molecule has 0 fully saturated rings. The molecule has 0 radical (unpaired) electrons. The van der Waals surface area contributed by atoms with E-state index in [1.807, 2.05) is 39.8 Å². The summed E-state index contributed by atoms with van der Waals surface area (Å²) in [6.07, 6.45) is 1.61. The lowest BCUT2D eigenvalue weighted by Gasteiger charge is -2.15. The minimum absolute atomic E-state index is 0.169. The van der Waals surface area contributed by atoms with Crippen LogP contribution in [0.25, 0.3) is 0 Å². The summed E-state index contributed by atoms with van der Waals surface area (Å²) in [5.74, 6) is 0.337. The molecule has 0 amide bonds. The molecular formula is C18H24N2O2. The van der Waals surface area contributed by atoms with Crippen LogP contribution in [0, 0.1) is 27.7 Å². The molecule has 0 saturated carbocycles. The minimum Gasteiger partial charge on any atom is -0.506 e. The van der Waals surface area contributed by atoms with Crippen LogP contribution in [0.2, 0.25) is 0 Å². The van der Waals surface area contributed by atoms with Crippen LogP contribution in [0.4, 0.5) is 11.4 Å². The van der Waals surface area contributed by atoms with E-state index in [2.05, 4.69) is 0 Å². The van der Waals surface area contributed by atoms with Gasteiger partial charge in [-0.2, -0.15) is 0 Å². The van der Waals surface area contributed by atoms with Crippen molar-refractivity contribution in [3.8, 4) is 11.5 Å². The summed E-state index contributed by atoms with van der Waals surface area (Å²) in [5, 5.41) is 19.7. The smallest absolute Gasteiger partial charge is 0.141 e. The molecule has 2 aromatic rings. The van der Waals surface area contributed by atoms with Gasteiger partial charge in [0, 0.05) is 0 Å². The van der Waals surface area contributed by atoms with Crippen molar-refractivity contribution in [1.82, 2.24) is 0 Å². The average molecular weight is 300 g/mol. The van der Waals surface area contributed by atoms with Crippen LogP contribution in [0.3, 0.4) is 0 Å². The highest BCUT2D eigenvalue weighted by Gasteiger charge is 2.13. The molecule has 118 valence electrons. The van der Waals surface area contributed by atoms with Gasteiger partial charge in [0.2, 0.25) is 0 Å². The van der Waals surface area contributed by atoms with Crippen LogP contribution in [-0.4, -0.2) is 10.2 Å². The number of aryl methyl sites for hydroxylation is 4. The fourth-order valence-corrected chi connectivity index (χ4v) is 2.79. The number of rotatable bonds is 3. The normalized spacial score (nSPS) is 10.9. The predicted octanol–water partition coefficient (Wildman–Crippen LogP) is 3.28. The number of anilines is 2. The number of benzene rings is 2. The van der Waals surface area contributed by atoms with E-state index in [4.69, 9.17) is 11.5 Å². The summed E-state index contributed by atoms with van der Waals surface area (Å²) in [4.78, 5) is 0. The monoisotopic (exact) mass is 300 g/mol. The van der Waals surface area contributed by atoms with Crippen LogP contribution < -0.4 is 11.5 Å². The Balaban J connectivity index is 2.32. The standard InChI is InChI=1S/C18H24N2O2/c1-9-7-13(11(3)15(19)17(9)21)5-6-14-8-10(2)18(22)16(20)12(14)4/h7-8,21-22H,5-6,19-20H2,1-4H3. The fourth-order valence-electron chi connectivity index (χ4n) is 2.79. The molecule has 0 bridgehead atoms. The van der Waals surface area contributed by atoms with Crippen LogP contribution in [0.1, 0.15) is 33.4 Å². The Morgan fingerprint density at radius 3 is 1.36 bits per heavy atom. The molecule has 6 N–H and O–H groups in total. The second-order valence-corrected chi connectivity index (χ2v) is 5.98. The molecule has 2 rings (SSSR count). The molecule has 0 aliphatic carbocycles. The van der Waals surface area contributed by atoms with Gasteiger partial charge in [-0.05, 0) is 73.9 Å². The van der Waals surface area contributed by atoms with E-state index in [9.17, 15) is 10.2 Å². The SMILES string of the molecule is Cc1cc(CCc2cc(C)c(O)c(N)c2C)c(C)c(N)c1O. The largest absolute Gasteiger partial charge is 0.506 e. The number of aromatic hydroxyl groups is 2. The highest BCUT2D eigenvalue weighted by atomic mass is 16.3. The van der Waals surface area contributed by atoms with Crippen molar-refractivity contribution >= 4 is 11.4 Å². The number of hydrogen-bond donors (Lipinski definition) is 4. The topological polar surface area (TPSA) is 92.5 Å². The van der Waals surface area contributed by atoms with E-state index in [1.165, 1.54) is 0 Å². The van der Waals surface area contributed by atoms with Crippen molar-refractivity contribution in [3.63, 3.8) is 0 Å². The molecule has 0 spiro atoms. The first kappa shape index (κ1) is 16.0. The lowest BCUT2D eigenvalue weighted by atomic mass is 9.93. The van der Waals surface area contributed by atoms with Crippen LogP contribution in [0.15, 0.2) is 12.1 Å². The van der Waals surface area contributed by atoms with Crippen molar-refractivity contribution in [3.05, 3.63) is 45.5 Å². The highest BCUT2D eigenvalue weighted by Crippen LogP contribution is 2.33. The third-order valence-electron chi connectivity index (χ3n) is 4.47.